The minimum absolute atomic E-state index is 0.0631. The quantitative estimate of drug-likeness (QED) is 0.394. The molecule has 0 atom stereocenters. The lowest BCUT2D eigenvalue weighted by atomic mass is 10.0. The molecule has 0 saturated carbocycles. The van der Waals surface area contributed by atoms with Gasteiger partial charge in [0, 0.05) is 38.6 Å². The van der Waals surface area contributed by atoms with Crippen LogP contribution in [0, 0.1) is 0 Å². The van der Waals surface area contributed by atoms with Crippen molar-refractivity contribution < 1.29 is 17.9 Å². The van der Waals surface area contributed by atoms with E-state index in [1.165, 1.54) is 18.4 Å². The maximum absolute atomic E-state index is 12.6. The second-order valence-electron chi connectivity index (χ2n) is 11.0. The number of carbonyl (C=O) groups is 1. The van der Waals surface area contributed by atoms with E-state index in [1.807, 2.05) is 49.6 Å². The summed E-state index contributed by atoms with van der Waals surface area (Å²) in [5, 5.41) is 4.02. The molecule has 1 aliphatic heterocycles. The van der Waals surface area contributed by atoms with E-state index in [-0.39, 0.29) is 17.0 Å². The van der Waals surface area contributed by atoms with Gasteiger partial charge in [0.05, 0.1) is 27.1 Å². The molecule has 1 aliphatic rings. The molecule has 11 heteroatoms. The van der Waals surface area contributed by atoms with Crippen LogP contribution in [0.1, 0.15) is 33.6 Å². The number of hydrogen-bond acceptors (Lipinski definition) is 7. The van der Waals surface area contributed by atoms with E-state index in [9.17, 15) is 13.2 Å². The number of amides is 1. The van der Waals surface area contributed by atoms with Gasteiger partial charge in [-0.2, -0.15) is 0 Å². The number of piperidine rings is 1. The molecule has 1 saturated heterocycles. The molecule has 206 valence electrons. The van der Waals surface area contributed by atoms with Crippen molar-refractivity contribution in [2.45, 2.75) is 50.2 Å². The van der Waals surface area contributed by atoms with Crippen LogP contribution in [0.2, 0.25) is 0 Å². The van der Waals surface area contributed by atoms with E-state index in [1.54, 1.807) is 24.5 Å². The molecular formula is C28H34N6O4S. The number of para-hydroxylation sites is 1. The van der Waals surface area contributed by atoms with E-state index in [2.05, 4.69) is 21.3 Å². The maximum atomic E-state index is 12.6. The summed E-state index contributed by atoms with van der Waals surface area (Å²) in [6.45, 7) is 7.13. The van der Waals surface area contributed by atoms with Crippen molar-refractivity contribution in [1.29, 1.82) is 0 Å². The summed E-state index contributed by atoms with van der Waals surface area (Å²) >= 11 is 0. The molecule has 3 heterocycles. The van der Waals surface area contributed by atoms with Crippen molar-refractivity contribution in [3.05, 3.63) is 54.9 Å². The van der Waals surface area contributed by atoms with Gasteiger partial charge < -0.3 is 15.0 Å². The molecule has 1 amide bonds. The Bertz CT molecular complexity index is 1630. The Morgan fingerprint density at radius 2 is 1.82 bits per heavy atom. The second kappa shape index (κ2) is 10.1. The van der Waals surface area contributed by atoms with Crippen molar-refractivity contribution >= 4 is 43.7 Å². The first-order valence-corrected chi connectivity index (χ1v) is 14.4. The number of pyridine rings is 1. The number of alkyl carbamates (subject to hydrolysis) is 1. The smallest absolute Gasteiger partial charge is 0.407 e. The number of fused-ring (bicyclic) bond motifs is 2. The average molecular weight is 551 g/mol. The minimum Gasteiger partial charge on any atom is -0.444 e. The van der Waals surface area contributed by atoms with E-state index in [0.29, 0.717) is 11.3 Å². The number of aromatic nitrogens is 3. The zero-order valence-corrected chi connectivity index (χ0v) is 23.7. The largest absolute Gasteiger partial charge is 0.444 e. The Labute approximate surface area is 228 Å². The predicted molar refractivity (Wildman–Crippen MR) is 152 cm³/mol. The molecule has 4 aromatic rings. The van der Waals surface area contributed by atoms with Crippen LogP contribution in [-0.4, -0.2) is 72.2 Å². The Balaban J connectivity index is 1.40. The first-order chi connectivity index (χ1) is 18.4. The van der Waals surface area contributed by atoms with Crippen molar-refractivity contribution in [1.82, 2.24) is 24.2 Å². The zero-order valence-electron chi connectivity index (χ0n) is 22.9. The number of hydrogen-bond donors (Lipinski definition) is 1. The fraction of sp³-hybridized carbons (Fsp3) is 0.393. The molecule has 5 rings (SSSR count). The highest BCUT2D eigenvalue weighted by atomic mass is 32.2. The fourth-order valence-electron chi connectivity index (χ4n) is 4.80. The summed E-state index contributed by atoms with van der Waals surface area (Å²) in [5.74, 6) is 0.696. The fourth-order valence-corrected chi connectivity index (χ4v) is 5.72. The number of benzene rings is 2. The summed E-state index contributed by atoms with van der Waals surface area (Å²) in [4.78, 5) is 24.2. The van der Waals surface area contributed by atoms with Gasteiger partial charge in [-0.15, -0.1) is 0 Å². The van der Waals surface area contributed by atoms with Gasteiger partial charge in [0.15, 0.2) is 0 Å². The summed E-state index contributed by atoms with van der Waals surface area (Å²) in [6, 6.07) is 15.1. The highest BCUT2D eigenvalue weighted by molar-refractivity contribution is 7.89. The van der Waals surface area contributed by atoms with Crippen LogP contribution < -0.4 is 10.2 Å². The number of sulfonamides is 1. The van der Waals surface area contributed by atoms with Crippen LogP contribution in [0.5, 0.6) is 0 Å². The molecule has 0 aliphatic carbocycles. The van der Waals surface area contributed by atoms with Crippen molar-refractivity contribution in [2.24, 2.45) is 0 Å². The molecule has 10 nitrogen and oxygen atoms in total. The summed E-state index contributed by atoms with van der Waals surface area (Å²) in [7, 11) is -0.539. The standard InChI is InChI=1S/C28H34N6O4S/c1-28(2,3)38-27(35)30-20-13-15-33(16-14-20)24-8-6-7-19-9-12-25(31-26(19)24)34-18-29-22-17-21(10-11-23(22)34)39(36,37)32(4)5/h6-12,17-18,20H,13-16H2,1-5H3,(H,30,35). The maximum Gasteiger partial charge on any atom is 0.407 e. The van der Waals surface area contributed by atoms with Gasteiger partial charge in [0.25, 0.3) is 0 Å². The lowest BCUT2D eigenvalue weighted by Crippen LogP contribution is -2.46. The van der Waals surface area contributed by atoms with Gasteiger partial charge in [-0.1, -0.05) is 12.1 Å². The molecule has 0 radical (unpaired) electrons. The van der Waals surface area contributed by atoms with E-state index in [0.717, 1.165) is 48.0 Å². The minimum atomic E-state index is -3.56. The zero-order chi connectivity index (χ0) is 27.9. The number of rotatable bonds is 5. The van der Waals surface area contributed by atoms with Gasteiger partial charge in [-0.25, -0.2) is 27.5 Å². The number of nitrogens with one attached hydrogen (secondary N) is 1. The number of imidazole rings is 1. The van der Waals surface area contributed by atoms with Crippen molar-refractivity contribution in [3.8, 4) is 5.82 Å². The number of ether oxygens (including phenoxy) is 1. The molecule has 2 aromatic carbocycles. The van der Waals surface area contributed by atoms with E-state index in [4.69, 9.17) is 9.72 Å². The van der Waals surface area contributed by atoms with Crippen LogP contribution in [0.4, 0.5) is 10.5 Å². The van der Waals surface area contributed by atoms with E-state index >= 15 is 0 Å². The molecular weight excluding hydrogens is 516 g/mol. The first kappa shape index (κ1) is 26.9. The number of carbonyl (C=O) groups excluding carboxylic acids is 1. The number of nitrogens with zero attached hydrogens (tertiary/aromatic N) is 5. The second-order valence-corrected chi connectivity index (χ2v) is 13.1. The number of anilines is 1. The molecule has 0 unspecified atom stereocenters. The highest BCUT2D eigenvalue weighted by Crippen LogP contribution is 2.30. The Hall–Kier alpha value is -3.70. The summed E-state index contributed by atoms with van der Waals surface area (Å²) < 4.78 is 33.6. The van der Waals surface area contributed by atoms with Crippen LogP contribution in [0.15, 0.2) is 59.8 Å². The van der Waals surface area contributed by atoms with Gasteiger partial charge in [-0.3, -0.25) is 4.57 Å². The third kappa shape index (κ3) is 5.55. The molecule has 0 bridgehead atoms. The van der Waals surface area contributed by atoms with Gasteiger partial charge in [0.2, 0.25) is 10.0 Å². The van der Waals surface area contributed by atoms with Gasteiger partial charge in [0.1, 0.15) is 17.7 Å². The molecule has 1 fully saturated rings. The van der Waals surface area contributed by atoms with Gasteiger partial charge in [-0.05, 0) is 70.0 Å². The molecule has 2 aromatic heterocycles. The van der Waals surface area contributed by atoms with Crippen LogP contribution in [-0.2, 0) is 14.8 Å². The van der Waals surface area contributed by atoms with Crippen LogP contribution >= 0.6 is 0 Å². The average Bonchev–Trinajstić information content (AvgIpc) is 3.31. The lowest BCUT2D eigenvalue weighted by Gasteiger charge is -2.34. The highest BCUT2D eigenvalue weighted by Gasteiger charge is 2.25. The van der Waals surface area contributed by atoms with Crippen molar-refractivity contribution in [2.75, 3.05) is 32.1 Å². The Morgan fingerprint density at radius 1 is 1.08 bits per heavy atom. The van der Waals surface area contributed by atoms with Crippen LogP contribution in [0.3, 0.4) is 0 Å². The normalized spacial score (nSPS) is 15.3. The Kier molecular flexibility index (Phi) is 6.98. The summed E-state index contributed by atoms with van der Waals surface area (Å²) in [5.41, 5.74) is 2.74. The van der Waals surface area contributed by atoms with Crippen molar-refractivity contribution in [3.63, 3.8) is 0 Å². The third-order valence-corrected chi connectivity index (χ3v) is 8.60. The topological polar surface area (TPSA) is 110 Å². The first-order valence-electron chi connectivity index (χ1n) is 13.0. The Morgan fingerprint density at radius 3 is 2.51 bits per heavy atom. The monoisotopic (exact) mass is 550 g/mol. The molecule has 39 heavy (non-hydrogen) atoms. The van der Waals surface area contributed by atoms with Crippen LogP contribution in [0.25, 0.3) is 27.8 Å². The summed E-state index contributed by atoms with van der Waals surface area (Å²) in [6.07, 6.45) is 2.90. The van der Waals surface area contributed by atoms with E-state index < -0.39 is 15.6 Å². The van der Waals surface area contributed by atoms with Gasteiger partial charge >= 0.3 is 6.09 Å². The molecule has 1 N–H and O–H groups in total. The lowest BCUT2D eigenvalue weighted by molar-refractivity contribution is 0.0497. The SMILES string of the molecule is CN(C)S(=O)(=O)c1ccc2c(c1)ncn2-c1ccc2cccc(N3CCC(NC(=O)OC(C)(C)C)CC3)c2n1. The third-order valence-electron chi connectivity index (χ3n) is 6.78. The molecule has 0 spiro atoms. The predicted octanol–water partition coefficient (Wildman–Crippen LogP) is 4.32.